The number of nitrogens with zero attached hydrogens (tertiary/aromatic N) is 1. The predicted molar refractivity (Wildman–Crippen MR) is 76.8 cm³/mol. The molecule has 1 rings (SSSR count). The predicted octanol–water partition coefficient (Wildman–Crippen LogP) is 2.82. The molecule has 0 heterocycles. The van der Waals surface area contributed by atoms with E-state index in [2.05, 4.69) is 38.2 Å². The Hall–Kier alpha value is -1.82. The normalized spacial score (nSPS) is 10.9. The van der Waals surface area contributed by atoms with Crippen molar-refractivity contribution < 1.29 is 4.79 Å². The van der Waals surface area contributed by atoms with Crippen LogP contribution in [-0.2, 0) is 11.2 Å². The van der Waals surface area contributed by atoms with E-state index in [9.17, 15) is 4.79 Å². The third kappa shape index (κ3) is 3.82. The van der Waals surface area contributed by atoms with Crippen molar-refractivity contribution in [2.24, 2.45) is 5.41 Å². The molecule has 19 heavy (non-hydrogen) atoms. The van der Waals surface area contributed by atoms with Crippen LogP contribution in [0.15, 0.2) is 12.1 Å². The molecule has 0 aliphatic heterocycles. The molecular weight excluding hydrogens is 236 g/mol. The molecule has 0 aliphatic rings. The van der Waals surface area contributed by atoms with Crippen LogP contribution >= 0.6 is 0 Å². The molecule has 1 aromatic carbocycles. The first-order valence-corrected chi connectivity index (χ1v) is 6.54. The van der Waals surface area contributed by atoms with E-state index in [4.69, 9.17) is 5.26 Å². The molecule has 1 amide bonds. The summed E-state index contributed by atoms with van der Waals surface area (Å²) in [5.74, 6) is -0.211. The summed E-state index contributed by atoms with van der Waals surface area (Å²) in [7, 11) is 0. The van der Waals surface area contributed by atoms with Crippen molar-refractivity contribution in [3.63, 3.8) is 0 Å². The number of rotatable bonds is 4. The van der Waals surface area contributed by atoms with Gasteiger partial charge in [0, 0.05) is 6.54 Å². The van der Waals surface area contributed by atoms with Gasteiger partial charge >= 0.3 is 0 Å². The van der Waals surface area contributed by atoms with Gasteiger partial charge in [0.2, 0.25) is 5.91 Å². The van der Waals surface area contributed by atoms with Crippen molar-refractivity contribution in [1.29, 1.82) is 5.26 Å². The highest BCUT2D eigenvalue weighted by molar-refractivity contribution is 5.84. The molecule has 0 saturated carbocycles. The van der Waals surface area contributed by atoms with Crippen molar-refractivity contribution in [2.75, 3.05) is 6.54 Å². The Labute approximate surface area is 115 Å². The van der Waals surface area contributed by atoms with Gasteiger partial charge in [-0.1, -0.05) is 17.7 Å². The molecule has 0 aliphatic carbocycles. The first kappa shape index (κ1) is 15.2. The molecule has 0 aromatic heterocycles. The minimum Gasteiger partial charge on any atom is -0.354 e. The van der Waals surface area contributed by atoms with Gasteiger partial charge < -0.3 is 5.32 Å². The number of nitrogens with one attached hydrogen (secondary N) is 1. The molecule has 102 valence electrons. The lowest BCUT2D eigenvalue weighted by Crippen LogP contribution is -2.37. The smallest absolute Gasteiger partial charge is 0.239 e. The van der Waals surface area contributed by atoms with Crippen LogP contribution in [-0.4, -0.2) is 12.5 Å². The minimum absolute atomic E-state index is 0.211. The zero-order chi connectivity index (χ0) is 14.6. The molecular formula is C16H22N2O. The quantitative estimate of drug-likeness (QED) is 0.902. The van der Waals surface area contributed by atoms with Gasteiger partial charge in [-0.2, -0.15) is 5.26 Å². The molecule has 0 radical (unpaired) electrons. The van der Waals surface area contributed by atoms with Gasteiger partial charge in [-0.25, -0.2) is 0 Å². The average molecular weight is 258 g/mol. The van der Waals surface area contributed by atoms with E-state index >= 15 is 0 Å². The van der Waals surface area contributed by atoms with Gasteiger partial charge in [0.15, 0.2) is 0 Å². The first-order chi connectivity index (χ1) is 8.77. The van der Waals surface area contributed by atoms with Crippen LogP contribution < -0.4 is 5.32 Å². The highest BCUT2D eigenvalue weighted by Gasteiger charge is 2.26. The summed E-state index contributed by atoms with van der Waals surface area (Å²) in [6, 6.07) is 6.32. The van der Waals surface area contributed by atoms with Crippen LogP contribution in [0.1, 0.15) is 36.1 Å². The van der Waals surface area contributed by atoms with Gasteiger partial charge in [-0.05, 0) is 57.7 Å². The number of hydrogen-bond donors (Lipinski definition) is 1. The fourth-order valence-electron chi connectivity index (χ4n) is 2.18. The van der Waals surface area contributed by atoms with Crippen LogP contribution in [0.5, 0.6) is 0 Å². The standard InChI is InChI=1S/C16H22N2O/c1-11-8-12(2)14(13(3)9-11)6-7-18-15(19)16(4,5)10-17/h8-9H,6-7H2,1-5H3,(H,18,19). The zero-order valence-electron chi connectivity index (χ0n) is 12.4. The van der Waals surface area contributed by atoms with Crippen LogP contribution in [0.3, 0.4) is 0 Å². The highest BCUT2D eigenvalue weighted by atomic mass is 16.2. The second kappa shape index (κ2) is 5.88. The SMILES string of the molecule is Cc1cc(C)c(CCNC(=O)C(C)(C)C#N)c(C)c1. The Morgan fingerprint density at radius 1 is 1.26 bits per heavy atom. The van der Waals surface area contributed by atoms with E-state index in [0.29, 0.717) is 6.54 Å². The summed E-state index contributed by atoms with van der Waals surface area (Å²) in [5, 5.41) is 11.7. The minimum atomic E-state index is -0.961. The summed E-state index contributed by atoms with van der Waals surface area (Å²) < 4.78 is 0. The molecule has 1 aromatic rings. The van der Waals surface area contributed by atoms with Crippen LogP contribution in [0, 0.1) is 37.5 Å². The van der Waals surface area contributed by atoms with E-state index < -0.39 is 5.41 Å². The fraction of sp³-hybridized carbons (Fsp3) is 0.500. The monoisotopic (exact) mass is 258 g/mol. The summed E-state index contributed by atoms with van der Waals surface area (Å²) >= 11 is 0. The van der Waals surface area contributed by atoms with Crippen LogP contribution in [0.25, 0.3) is 0 Å². The Bertz CT molecular complexity index is 501. The molecule has 3 heteroatoms. The van der Waals surface area contributed by atoms with Crippen molar-refractivity contribution in [3.8, 4) is 6.07 Å². The van der Waals surface area contributed by atoms with Crippen molar-refractivity contribution >= 4 is 5.91 Å². The van der Waals surface area contributed by atoms with E-state index in [1.807, 2.05) is 6.07 Å². The first-order valence-electron chi connectivity index (χ1n) is 6.54. The third-order valence-electron chi connectivity index (χ3n) is 3.35. The second-order valence-electron chi connectivity index (χ2n) is 5.62. The zero-order valence-corrected chi connectivity index (χ0v) is 12.4. The molecule has 0 saturated heterocycles. The lowest BCUT2D eigenvalue weighted by molar-refractivity contribution is -0.126. The maximum Gasteiger partial charge on any atom is 0.239 e. The Morgan fingerprint density at radius 3 is 2.26 bits per heavy atom. The van der Waals surface area contributed by atoms with E-state index in [0.717, 1.165) is 6.42 Å². The number of aryl methyl sites for hydroxylation is 3. The molecule has 0 bridgehead atoms. The highest BCUT2D eigenvalue weighted by Crippen LogP contribution is 2.17. The molecule has 0 atom stereocenters. The number of carbonyl (C=O) groups excluding carboxylic acids is 1. The van der Waals surface area contributed by atoms with E-state index in [1.165, 1.54) is 22.3 Å². The summed E-state index contributed by atoms with van der Waals surface area (Å²) in [5.41, 5.74) is 4.09. The number of amides is 1. The lowest BCUT2D eigenvalue weighted by atomic mass is 9.94. The van der Waals surface area contributed by atoms with Gasteiger partial charge in [0.1, 0.15) is 5.41 Å². The summed E-state index contributed by atoms with van der Waals surface area (Å²) in [6.45, 7) is 10.1. The Morgan fingerprint density at radius 2 is 1.79 bits per heavy atom. The largest absolute Gasteiger partial charge is 0.354 e. The van der Waals surface area contributed by atoms with Gasteiger partial charge in [0.25, 0.3) is 0 Å². The van der Waals surface area contributed by atoms with Crippen molar-refractivity contribution in [1.82, 2.24) is 5.32 Å². The van der Waals surface area contributed by atoms with Crippen molar-refractivity contribution in [3.05, 3.63) is 34.4 Å². The average Bonchev–Trinajstić information content (AvgIpc) is 2.32. The number of benzene rings is 1. The molecule has 0 fully saturated rings. The summed E-state index contributed by atoms with van der Waals surface area (Å²) in [4.78, 5) is 11.8. The maximum absolute atomic E-state index is 11.8. The van der Waals surface area contributed by atoms with Crippen LogP contribution in [0.2, 0.25) is 0 Å². The fourth-order valence-corrected chi connectivity index (χ4v) is 2.18. The Kier molecular flexibility index (Phi) is 4.72. The van der Waals surface area contributed by atoms with E-state index in [1.54, 1.807) is 13.8 Å². The third-order valence-corrected chi connectivity index (χ3v) is 3.35. The van der Waals surface area contributed by atoms with E-state index in [-0.39, 0.29) is 5.91 Å². The summed E-state index contributed by atoms with van der Waals surface area (Å²) in [6.07, 6.45) is 0.797. The second-order valence-corrected chi connectivity index (χ2v) is 5.62. The van der Waals surface area contributed by atoms with Crippen molar-refractivity contribution in [2.45, 2.75) is 41.0 Å². The van der Waals surface area contributed by atoms with Gasteiger partial charge in [-0.3, -0.25) is 4.79 Å². The number of carbonyl (C=O) groups is 1. The molecule has 0 unspecified atom stereocenters. The molecule has 1 N–H and O–H groups in total. The lowest BCUT2D eigenvalue weighted by Gasteiger charge is -2.16. The topological polar surface area (TPSA) is 52.9 Å². The number of hydrogen-bond acceptors (Lipinski definition) is 2. The van der Waals surface area contributed by atoms with Gasteiger partial charge in [0.05, 0.1) is 6.07 Å². The Balaban J connectivity index is 2.65. The maximum atomic E-state index is 11.8. The molecule has 0 spiro atoms. The molecule has 3 nitrogen and oxygen atoms in total. The van der Waals surface area contributed by atoms with Crippen LogP contribution in [0.4, 0.5) is 0 Å². The van der Waals surface area contributed by atoms with Gasteiger partial charge in [-0.15, -0.1) is 0 Å². The number of nitriles is 1.